The molecule has 0 aliphatic carbocycles. The molecule has 0 saturated carbocycles. The number of carbonyl (C=O) groups excluding carboxylic acids is 2. The van der Waals surface area contributed by atoms with Gasteiger partial charge in [-0.05, 0) is 71.0 Å². The number of rotatable bonds is 9. The number of carbonyl (C=O) groups is 2. The highest BCUT2D eigenvalue weighted by Crippen LogP contribution is 2.21. The first-order valence-corrected chi connectivity index (χ1v) is 12.9. The van der Waals surface area contributed by atoms with Crippen molar-refractivity contribution in [2.75, 3.05) is 24.2 Å². The summed E-state index contributed by atoms with van der Waals surface area (Å²) in [7, 11) is -2.23. The molecular weight excluding hydrogens is 553 g/mol. The van der Waals surface area contributed by atoms with Gasteiger partial charge in [0.1, 0.15) is 12.6 Å². The largest absolute Gasteiger partial charge is 0.357 e. The molecule has 0 unspecified atom stereocenters. The third-order valence-electron chi connectivity index (χ3n) is 4.69. The van der Waals surface area contributed by atoms with Gasteiger partial charge in [-0.15, -0.1) is 0 Å². The van der Waals surface area contributed by atoms with Crippen LogP contribution in [0.25, 0.3) is 0 Å². The predicted molar refractivity (Wildman–Crippen MR) is 131 cm³/mol. The summed E-state index contributed by atoms with van der Waals surface area (Å²) in [5.74, 6) is -0.792. The minimum absolute atomic E-state index is 0.145. The number of hydrogen-bond acceptors (Lipinski definition) is 4. The molecule has 0 aliphatic heterocycles. The zero-order chi connectivity index (χ0) is 23.2. The molecule has 0 radical (unpaired) electrons. The number of benzene rings is 2. The predicted octanol–water partition coefficient (Wildman–Crippen LogP) is 3.26. The Bertz CT molecular complexity index is 1010. The standard InChI is InChI=1S/C21H25ClIN3O4S/c1-4-19(21(28)24-2)25(13-15-5-7-16(22)8-6-15)20(27)14-26(31(3,29)30)18-11-9-17(23)10-12-18/h5-12,19H,4,13-14H2,1-3H3,(H,24,28)/t19-/m1/s1. The van der Waals surface area contributed by atoms with Crippen LogP contribution >= 0.6 is 34.2 Å². The Morgan fingerprint density at radius 1 is 1.10 bits per heavy atom. The Balaban J connectivity index is 2.40. The van der Waals surface area contributed by atoms with Gasteiger partial charge in [-0.3, -0.25) is 13.9 Å². The summed E-state index contributed by atoms with van der Waals surface area (Å²) in [6.45, 7) is 1.53. The fourth-order valence-corrected chi connectivity index (χ4v) is 4.43. The Labute approximate surface area is 201 Å². The average molecular weight is 578 g/mol. The first kappa shape index (κ1) is 25.4. The second kappa shape index (κ2) is 11.1. The first-order valence-electron chi connectivity index (χ1n) is 9.55. The van der Waals surface area contributed by atoms with Crippen LogP contribution < -0.4 is 9.62 Å². The topological polar surface area (TPSA) is 86.8 Å². The van der Waals surface area contributed by atoms with Gasteiger partial charge in [0.2, 0.25) is 21.8 Å². The first-order chi connectivity index (χ1) is 14.6. The van der Waals surface area contributed by atoms with Crippen molar-refractivity contribution in [3.8, 4) is 0 Å². The Hall–Kier alpha value is -1.85. The summed E-state index contributed by atoms with van der Waals surface area (Å²) in [4.78, 5) is 27.2. The molecule has 0 fully saturated rings. The van der Waals surface area contributed by atoms with E-state index in [1.807, 2.05) is 0 Å². The summed E-state index contributed by atoms with van der Waals surface area (Å²) >= 11 is 8.07. The van der Waals surface area contributed by atoms with Crippen LogP contribution in [0.4, 0.5) is 5.69 Å². The number of hydrogen-bond donors (Lipinski definition) is 1. The van der Waals surface area contributed by atoms with Crippen LogP contribution in [0.3, 0.4) is 0 Å². The third-order valence-corrected chi connectivity index (χ3v) is 6.80. The Morgan fingerprint density at radius 3 is 2.16 bits per heavy atom. The minimum atomic E-state index is -3.73. The van der Waals surface area contributed by atoms with E-state index < -0.39 is 28.5 Å². The number of halogens is 2. The van der Waals surface area contributed by atoms with Gasteiger partial charge in [-0.25, -0.2) is 8.42 Å². The molecule has 0 aromatic heterocycles. The second-order valence-electron chi connectivity index (χ2n) is 6.93. The highest BCUT2D eigenvalue weighted by atomic mass is 127. The van der Waals surface area contributed by atoms with E-state index in [2.05, 4.69) is 27.9 Å². The second-order valence-corrected chi connectivity index (χ2v) is 10.5. The fourth-order valence-electron chi connectivity index (χ4n) is 3.09. The average Bonchev–Trinajstić information content (AvgIpc) is 2.72. The lowest BCUT2D eigenvalue weighted by Crippen LogP contribution is -2.51. The smallest absolute Gasteiger partial charge is 0.244 e. The number of sulfonamides is 1. The summed E-state index contributed by atoms with van der Waals surface area (Å²) in [5.41, 5.74) is 1.16. The fraction of sp³-hybridized carbons (Fsp3) is 0.333. The van der Waals surface area contributed by atoms with Gasteiger partial charge < -0.3 is 10.2 Å². The van der Waals surface area contributed by atoms with Gasteiger partial charge in [0.15, 0.2) is 0 Å². The van der Waals surface area contributed by atoms with Gasteiger partial charge in [-0.1, -0.05) is 30.7 Å². The van der Waals surface area contributed by atoms with E-state index >= 15 is 0 Å². The van der Waals surface area contributed by atoms with Crippen LogP contribution in [0.15, 0.2) is 48.5 Å². The molecule has 2 amide bonds. The van der Waals surface area contributed by atoms with Crippen molar-refractivity contribution in [1.29, 1.82) is 0 Å². The van der Waals surface area contributed by atoms with E-state index in [-0.39, 0.29) is 12.5 Å². The molecule has 2 rings (SSSR count). The van der Waals surface area contributed by atoms with Crippen molar-refractivity contribution in [3.63, 3.8) is 0 Å². The lowest BCUT2D eigenvalue weighted by molar-refractivity contribution is -0.140. The number of nitrogens with one attached hydrogen (secondary N) is 1. The molecule has 31 heavy (non-hydrogen) atoms. The van der Waals surface area contributed by atoms with Crippen molar-refractivity contribution >= 4 is 61.7 Å². The van der Waals surface area contributed by atoms with Crippen LogP contribution in [-0.2, 0) is 26.2 Å². The molecule has 0 bridgehead atoms. The molecule has 1 N–H and O–H groups in total. The molecule has 7 nitrogen and oxygen atoms in total. The van der Waals surface area contributed by atoms with Gasteiger partial charge in [0.25, 0.3) is 0 Å². The highest BCUT2D eigenvalue weighted by Gasteiger charge is 2.31. The summed E-state index contributed by atoms with van der Waals surface area (Å²) < 4.78 is 26.9. The molecule has 168 valence electrons. The number of nitrogens with zero attached hydrogens (tertiary/aromatic N) is 2. The molecule has 0 aliphatic rings. The summed E-state index contributed by atoms with van der Waals surface area (Å²) in [6, 6.07) is 13.0. The maximum Gasteiger partial charge on any atom is 0.244 e. The lowest BCUT2D eigenvalue weighted by atomic mass is 10.1. The van der Waals surface area contributed by atoms with Crippen molar-refractivity contribution in [2.24, 2.45) is 0 Å². The van der Waals surface area contributed by atoms with Crippen LogP contribution in [0.2, 0.25) is 5.02 Å². The van der Waals surface area contributed by atoms with Gasteiger partial charge in [0.05, 0.1) is 11.9 Å². The molecule has 0 spiro atoms. The molecule has 2 aromatic rings. The van der Waals surface area contributed by atoms with E-state index in [0.717, 1.165) is 19.7 Å². The van der Waals surface area contributed by atoms with Crippen molar-refractivity contribution in [1.82, 2.24) is 10.2 Å². The van der Waals surface area contributed by atoms with Gasteiger partial charge in [0, 0.05) is 22.2 Å². The quantitative estimate of drug-likeness (QED) is 0.464. The molecule has 2 aromatic carbocycles. The summed E-state index contributed by atoms with van der Waals surface area (Å²) in [5, 5.41) is 3.14. The number of likely N-dealkylation sites (N-methyl/N-ethyl adjacent to an activating group) is 1. The Morgan fingerprint density at radius 2 is 1.68 bits per heavy atom. The lowest BCUT2D eigenvalue weighted by Gasteiger charge is -2.32. The van der Waals surface area contributed by atoms with Crippen molar-refractivity contribution < 1.29 is 18.0 Å². The van der Waals surface area contributed by atoms with E-state index in [4.69, 9.17) is 11.6 Å². The molecule has 10 heteroatoms. The number of anilines is 1. The van der Waals surface area contributed by atoms with E-state index in [0.29, 0.717) is 17.1 Å². The zero-order valence-corrected chi connectivity index (χ0v) is 21.2. The van der Waals surface area contributed by atoms with Crippen LogP contribution in [0, 0.1) is 3.57 Å². The minimum Gasteiger partial charge on any atom is -0.357 e. The molecule has 1 atom stereocenters. The molecule has 0 saturated heterocycles. The Kier molecular flexibility index (Phi) is 9.14. The molecule has 0 heterocycles. The van der Waals surface area contributed by atoms with Gasteiger partial charge in [-0.2, -0.15) is 0 Å². The molecular formula is C21H25ClIN3O4S. The van der Waals surface area contributed by atoms with E-state index in [1.54, 1.807) is 55.5 Å². The SMILES string of the molecule is CC[C@H](C(=O)NC)N(Cc1ccc(Cl)cc1)C(=O)CN(c1ccc(I)cc1)S(C)(=O)=O. The van der Waals surface area contributed by atoms with Crippen LogP contribution in [0.1, 0.15) is 18.9 Å². The van der Waals surface area contributed by atoms with Crippen molar-refractivity contribution in [2.45, 2.75) is 25.9 Å². The van der Waals surface area contributed by atoms with Crippen molar-refractivity contribution in [3.05, 3.63) is 62.7 Å². The van der Waals surface area contributed by atoms with Crippen LogP contribution in [0.5, 0.6) is 0 Å². The van der Waals surface area contributed by atoms with E-state index in [9.17, 15) is 18.0 Å². The maximum absolute atomic E-state index is 13.3. The summed E-state index contributed by atoms with van der Waals surface area (Å²) in [6.07, 6.45) is 1.43. The number of amides is 2. The maximum atomic E-state index is 13.3. The normalized spacial score (nSPS) is 12.2. The monoisotopic (exact) mass is 577 g/mol. The highest BCUT2D eigenvalue weighted by molar-refractivity contribution is 14.1. The van der Waals surface area contributed by atoms with Crippen LogP contribution in [-0.4, -0.2) is 51.0 Å². The third kappa shape index (κ3) is 7.08. The van der Waals surface area contributed by atoms with E-state index in [1.165, 1.54) is 11.9 Å². The zero-order valence-electron chi connectivity index (χ0n) is 17.5. The van der Waals surface area contributed by atoms with Gasteiger partial charge >= 0.3 is 0 Å².